The SMILES string of the molecule is C=CCn1c(-c2cc3ccccc3o2)csc1=Nc1ccc(OC)cc1. The number of nitrogens with zero attached hydrogens (tertiary/aromatic N) is 2. The summed E-state index contributed by atoms with van der Waals surface area (Å²) in [6.07, 6.45) is 1.87. The molecule has 0 aliphatic heterocycles. The Bertz CT molecular complexity index is 1080. The van der Waals surface area contributed by atoms with Gasteiger partial charge in [0.2, 0.25) is 0 Å². The van der Waals surface area contributed by atoms with Crippen LogP contribution in [0.3, 0.4) is 0 Å². The highest BCUT2D eigenvalue weighted by atomic mass is 32.1. The number of allylic oxidation sites excluding steroid dienone is 1. The molecule has 0 amide bonds. The summed E-state index contributed by atoms with van der Waals surface area (Å²) in [5.74, 6) is 1.65. The summed E-state index contributed by atoms with van der Waals surface area (Å²) in [6, 6.07) is 17.8. The van der Waals surface area contributed by atoms with E-state index >= 15 is 0 Å². The summed E-state index contributed by atoms with van der Waals surface area (Å²) in [5.41, 5.74) is 2.76. The van der Waals surface area contributed by atoms with E-state index in [0.29, 0.717) is 6.54 Å². The summed E-state index contributed by atoms with van der Waals surface area (Å²) in [4.78, 5) is 5.67. The lowest BCUT2D eigenvalue weighted by Gasteiger charge is -2.04. The normalized spacial score (nSPS) is 11.8. The Kier molecular flexibility index (Phi) is 4.46. The third-order valence-corrected chi connectivity index (χ3v) is 4.95. The number of furan rings is 1. The molecular weight excluding hydrogens is 344 g/mol. The zero-order chi connectivity index (χ0) is 17.9. The molecule has 0 atom stereocenters. The van der Waals surface area contributed by atoms with Crippen LogP contribution in [0.4, 0.5) is 5.69 Å². The highest BCUT2D eigenvalue weighted by Gasteiger charge is 2.12. The average molecular weight is 362 g/mol. The van der Waals surface area contributed by atoms with E-state index in [1.165, 1.54) is 0 Å². The lowest BCUT2D eigenvalue weighted by molar-refractivity contribution is 0.415. The van der Waals surface area contributed by atoms with Gasteiger partial charge in [-0.05, 0) is 36.4 Å². The third-order valence-electron chi connectivity index (χ3n) is 4.08. The van der Waals surface area contributed by atoms with Crippen molar-refractivity contribution < 1.29 is 9.15 Å². The molecule has 2 aromatic carbocycles. The number of hydrogen-bond acceptors (Lipinski definition) is 4. The monoisotopic (exact) mass is 362 g/mol. The molecular formula is C21H18N2O2S. The van der Waals surface area contributed by atoms with Gasteiger partial charge in [-0.25, -0.2) is 4.99 Å². The lowest BCUT2D eigenvalue weighted by atomic mass is 10.2. The second kappa shape index (κ2) is 7.06. The van der Waals surface area contributed by atoms with E-state index in [2.05, 4.69) is 28.7 Å². The second-order valence-electron chi connectivity index (χ2n) is 5.76. The lowest BCUT2D eigenvalue weighted by Crippen LogP contribution is -2.14. The predicted octanol–water partition coefficient (Wildman–Crippen LogP) is 5.39. The maximum Gasteiger partial charge on any atom is 0.190 e. The van der Waals surface area contributed by atoms with Crippen molar-refractivity contribution in [1.82, 2.24) is 4.57 Å². The molecule has 4 aromatic rings. The van der Waals surface area contributed by atoms with Crippen molar-refractivity contribution in [2.24, 2.45) is 4.99 Å². The van der Waals surface area contributed by atoms with E-state index in [-0.39, 0.29) is 0 Å². The first-order chi connectivity index (χ1) is 12.8. The van der Waals surface area contributed by atoms with Crippen molar-refractivity contribution in [2.45, 2.75) is 6.54 Å². The summed E-state index contributed by atoms with van der Waals surface area (Å²) < 4.78 is 13.3. The topological polar surface area (TPSA) is 39.7 Å². The van der Waals surface area contributed by atoms with E-state index in [9.17, 15) is 0 Å². The minimum Gasteiger partial charge on any atom is -0.497 e. The van der Waals surface area contributed by atoms with Gasteiger partial charge in [0.1, 0.15) is 11.3 Å². The molecule has 26 heavy (non-hydrogen) atoms. The Balaban J connectivity index is 1.81. The van der Waals surface area contributed by atoms with Crippen molar-refractivity contribution in [2.75, 3.05) is 7.11 Å². The van der Waals surface area contributed by atoms with Crippen LogP contribution in [0.2, 0.25) is 0 Å². The molecule has 0 unspecified atom stereocenters. The maximum atomic E-state index is 6.03. The van der Waals surface area contributed by atoms with Crippen LogP contribution in [0.5, 0.6) is 5.75 Å². The first kappa shape index (κ1) is 16.4. The molecule has 0 saturated heterocycles. The minimum atomic E-state index is 0.658. The molecule has 0 saturated carbocycles. The number of rotatable bonds is 5. The Hall–Kier alpha value is -3.05. The third kappa shape index (κ3) is 3.09. The van der Waals surface area contributed by atoms with Crippen LogP contribution >= 0.6 is 11.3 Å². The second-order valence-corrected chi connectivity index (χ2v) is 6.60. The van der Waals surface area contributed by atoms with Crippen molar-refractivity contribution >= 4 is 28.0 Å². The van der Waals surface area contributed by atoms with Gasteiger partial charge < -0.3 is 13.7 Å². The summed E-state index contributed by atoms with van der Waals surface area (Å²) in [6.45, 7) is 4.54. The molecule has 4 rings (SSSR count). The highest BCUT2D eigenvalue weighted by Crippen LogP contribution is 2.28. The molecule has 0 bridgehead atoms. The van der Waals surface area contributed by atoms with Crippen molar-refractivity contribution in [1.29, 1.82) is 0 Å². The fraction of sp³-hybridized carbons (Fsp3) is 0.0952. The standard InChI is InChI=1S/C21H18N2O2S/c1-3-12-23-18(20-13-15-6-4-5-7-19(15)25-20)14-26-21(23)22-16-8-10-17(24-2)11-9-16/h3-11,13-14H,1,12H2,2H3. The molecule has 4 nitrogen and oxygen atoms in total. The summed E-state index contributed by atoms with van der Waals surface area (Å²) in [5, 5.41) is 3.16. The molecule has 2 heterocycles. The molecule has 130 valence electrons. The fourth-order valence-electron chi connectivity index (χ4n) is 2.80. The Morgan fingerprint density at radius 2 is 2.00 bits per heavy atom. The van der Waals surface area contributed by atoms with Gasteiger partial charge in [0, 0.05) is 17.3 Å². The van der Waals surface area contributed by atoms with Crippen molar-refractivity contribution in [3.8, 4) is 17.2 Å². The first-order valence-electron chi connectivity index (χ1n) is 8.25. The smallest absolute Gasteiger partial charge is 0.190 e. The van der Waals surface area contributed by atoms with Gasteiger partial charge in [-0.2, -0.15) is 0 Å². The highest BCUT2D eigenvalue weighted by molar-refractivity contribution is 7.07. The zero-order valence-corrected chi connectivity index (χ0v) is 15.2. The van der Waals surface area contributed by atoms with Crippen molar-refractivity contribution in [3.05, 3.63) is 77.4 Å². The molecule has 0 aliphatic carbocycles. The Morgan fingerprint density at radius 1 is 1.19 bits per heavy atom. The zero-order valence-electron chi connectivity index (χ0n) is 14.4. The van der Waals surface area contributed by atoms with Gasteiger partial charge in [-0.1, -0.05) is 24.3 Å². The van der Waals surface area contributed by atoms with Gasteiger partial charge >= 0.3 is 0 Å². The van der Waals surface area contributed by atoms with Gasteiger partial charge in [-0.15, -0.1) is 17.9 Å². The molecule has 0 spiro atoms. The number of para-hydroxylation sites is 1. The Morgan fingerprint density at radius 3 is 2.73 bits per heavy atom. The van der Waals surface area contributed by atoms with E-state index < -0.39 is 0 Å². The maximum absolute atomic E-state index is 6.03. The molecule has 0 N–H and O–H groups in total. The van der Waals surface area contributed by atoms with Gasteiger partial charge in [0.25, 0.3) is 0 Å². The van der Waals surface area contributed by atoms with Gasteiger partial charge in [-0.3, -0.25) is 0 Å². The number of ether oxygens (including phenoxy) is 1. The number of aromatic nitrogens is 1. The van der Waals surface area contributed by atoms with Crippen LogP contribution in [0.25, 0.3) is 22.4 Å². The number of fused-ring (bicyclic) bond motifs is 1. The molecule has 0 aliphatic rings. The van der Waals surface area contributed by atoms with Gasteiger partial charge in [0.05, 0.1) is 18.5 Å². The van der Waals surface area contributed by atoms with Crippen LogP contribution < -0.4 is 9.54 Å². The molecule has 2 aromatic heterocycles. The molecule has 0 fully saturated rings. The quantitative estimate of drug-likeness (QED) is 0.447. The predicted molar refractivity (Wildman–Crippen MR) is 106 cm³/mol. The Labute approximate surface area is 155 Å². The van der Waals surface area contributed by atoms with Crippen LogP contribution in [-0.2, 0) is 6.54 Å². The van der Waals surface area contributed by atoms with E-state index in [1.807, 2.05) is 48.5 Å². The summed E-state index contributed by atoms with van der Waals surface area (Å²) >= 11 is 1.58. The number of hydrogen-bond donors (Lipinski definition) is 0. The van der Waals surface area contributed by atoms with Crippen LogP contribution in [0, 0.1) is 0 Å². The first-order valence-corrected chi connectivity index (χ1v) is 9.13. The van der Waals surface area contributed by atoms with Crippen LogP contribution in [0.1, 0.15) is 0 Å². The van der Waals surface area contributed by atoms with Gasteiger partial charge in [0.15, 0.2) is 10.6 Å². The molecule has 0 radical (unpaired) electrons. The minimum absolute atomic E-state index is 0.658. The van der Waals surface area contributed by atoms with E-state index in [0.717, 1.165) is 38.7 Å². The average Bonchev–Trinajstić information content (AvgIpc) is 3.27. The molecule has 5 heteroatoms. The number of benzene rings is 2. The van der Waals surface area contributed by atoms with E-state index in [1.54, 1.807) is 18.4 Å². The fourth-order valence-corrected chi connectivity index (χ4v) is 3.72. The summed E-state index contributed by atoms with van der Waals surface area (Å²) in [7, 11) is 1.66. The number of thiazole rings is 1. The number of methoxy groups -OCH3 is 1. The van der Waals surface area contributed by atoms with Crippen LogP contribution in [-0.4, -0.2) is 11.7 Å². The van der Waals surface area contributed by atoms with E-state index in [4.69, 9.17) is 14.1 Å². The van der Waals surface area contributed by atoms with Crippen molar-refractivity contribution in [3.63, 3.8) is 0 Å². The largest absolute Gasteiger partial charge is 0.497 e. The van der Waals surface area contributed by atoms with Crippen LogP contribution in [0.15, 0.2) is 82.0 Å².